The number of methoxy groups -OCH3 is 1. The van der Waals surface area contributed by atoms with Gasteiger partial charge in [-0.1, -0.05) is 0 Å². The lowest BCUT2D eigenvalue weighted by Gasteiger charge is -2.34. The minimum atomic E-state index is -0.0680. The van der Waals surface area contributed by atoms with Gasteiger partial charge in [0, 0.05) is 19.2 Å². The van der Waals surface area contributed by atoms with Gasteiger partial charge in [-0.25, -0.2) is 0 Å². The van der Waals surface area contributed by atoms with E-state index in [9.17, 15) is 5.11 Å². The third kappa shape index (κ3) is 3.44. The summed E-state index contributed by atoms with van der Waals surface area (Å²) in [5.41, 5.74) is 0. The van der Waals surface area contributed by atoms with Crippen molar-refractivity contribution in [3.63, 3.8) is 0 Å². The van der Waals surface area contributed by atoms with Gasteiger partial charge in [-0.2, -0.15) is 0 Å². The molecule has 0 saturated heterocycles. The molecular formula is C13H25NO2. The van der Waals surface area contributed by atoms with Crippen molar-refractivity contribution < 1.29 is 9.84 Å². The van der Waals surface area contributed by atoms with Gasteiger partial charge in [0.1, 0.15) is 0 Å². The predicted molar refractivity (Wildman–Crippen MR) is 64.5 cm³/mol. The van der Waals surface area contributed by atoms with Gasteiger partial charge in [0.25, 0.3) is 0 Å². The van der Waals surface area contributed by atoms with Gasteiger partial charge in [-0.05, 0) is 51.4 Å². The average molecular weight is 227 g/mol. The van der Waals surface area contributed by atoms with Gasteiger partial charge in [0.2, 0.25) is 0 Å². The smallest absolute Gasteiger partial charge is 0.0572 e. The van der Waals surface area contributed by atoms with Crippen LogP contribution in [-0.4, -0.2) is 36.5 Å². The maximum absolute atomic E-state index is 9.63. The molecule has 3 nitrogen and oxygen atoms in total. The molecule has 94 valence electrons. The Morgan fingerprint density at radius 2 is 1.75 bits per heavy atom. The van der Waals surface area contributed by atoms with Gasteiger partial charge in [0.05, 0.1) is 12.2 Å². The van der Waals surface area contributed by atoms with E-state index in [1.54, 1.807) is 0 Å². The fourth-order valence-electron chi connectivity index (χ4n) is 3.11. The molecule has 2 aliphatic rings. The highest BCUT2D eigenvalue weighted by Crippen LogP contribution is 2.24. The fourth-order valence-corrected chi connectivity index (χ4v) is 3.11. The lowest BCUT2D eigenvalue weighted by molar-refractivity contribution is 0.0563. The summed E-state index contributed by atoms with van der Waals surface area (Å²) >= 11 is 0. The van der Waals surface area contributed by atoms with Gasteiger partial charge in [0.15, 0.2) is 0 Å². The summed E-state index contributed by atoms with van der Waals surface area (Å²) in [6, 6.07) is 1.20. The molecule has 0 aliphatic heterocycles. The molecule has 0 aromatic rings. The van der Waals surface area contributed by atoms with Crippen LogP contribution >= 0.6 is 0 Å². The van der Waals surface area contributed by atoms with Crippen LogP contribution in [-0.2, 0) is 4.74 Å². The minimum absolute atomic E-state index is 0.0680. The Hall–Kier alpha value is -0.120. The van der Waals surface area contributed by atoms with E-state index in [-0.39, 0.29) is 6.10 Å². The Morgan fingerprint density at radius 3 is 2.38 bits per heavy atom. The van der Waals surface area contributed by atoms with Crippen LogP contribution < -0.4 is 5.32 Å². The molecule has 0 bridgehead atoms. The second kappa shape index (κ2) is 5.99. The van der Waals surface area contributed by atoms with E-state index in [1.807, 2.05) is 7.11 Å². The lowest BCUT2D eigenvalue weighted by Crippen LogP contribution is -2.44. The molecule has 2 saturated carbocycles. The maximum atomic E-state index is 9.63. The summed E-state index contributed by atoms with van der Waals surface area (Å²) in [6.07, 6.45) is 9.59. The van der Waals surface area contributed by atoms with Crippen molar-refractivity contribution in [3.8, 4) is 0 Å². The van der Waals surface area contributed by atoms with E-state index in [1.165, 1.54) is 38.5 Å². The Balaban J connectivity index is 1.69. The van der Waals surface area contributed by atoms with E-state index < -0.39 is 0 Å². The van der Waals surface area contributed by atoms with Crippen LogP contribution in [0.4, 0.5) is 0 Å². The monoisotopic (exact) mass is 227 g/mol. The third-order valence-electron chi connectivity index (χ3n) is 4.13. The summed E-state index contributed by atoms with van der Waals surface area (Å²) in [7, 11) is 1.82. The average Bonchev–Trinajstić information content (AvgIpc) is 2.30. The molecule has 3 heteroatoms. The molecule has 2 unspecified atom stereocenters. The Bertz CT molecular complexity index is 202. The molecule has 0 heterocycles. The van der Waals surface area contributed by atoms with Gasteiger partial charge in [-0.3, -0.25) is 0 Å². The molecule has 2 atom stereocenters. The van der Waals surface area contributed by atoms with Crippen LogP contribution in [0, 0.1) is 0 Å². The van der Waals surface area contributed by atoms with Gasteiger partial charge < -0.3 is 15.2 Å². The molecule has 2 rings (SSSR count). The van der Waals surface area contributed by atoms with Crippen LogP contribution in [0.15, 0.2) is 0 Å². The van der Waals surface area contributed by atoms with Crippen LogP contribution in [0.5, 0.6) is 0 Å². The topological polar surface area (TPSA) is 41.5 Å². The Labute approximate surface area is 98.6 Å². The molecule has 2 N–H and O–H groups in total. The largest absolute Gasteiger partial charge is 0.393 e. The standard InChI is InChI=1S/C13H25NO2/c1-16-13-7-5-10(6-8-13)14-11-3-2-4-12(15)9-11/h10-15H,2-9H2,1H3. The maximum Gasteiger partial charge on any atom is 0.0572 e. The highest BCUT2D eigenvalue weighted by molar-refractivity contribution is 4.84. The number of hydrogen-bond acceptors (Lipinski definition) is 3. The van der Waals surface area contributed by atoms with Crippen molar-refractivity contribution in [1.29, 1.82) is 0 Å². The molecule has 0 spiro atoms. The molecule has 0 radical (unpaired) electrons. The van der Waals surface area contributed by atoms with Crippen LogP contribution in [0.25, 0.3) is 0 Å². The molecule has 2 aliphatic carbocycles. The second-order valence-corrected chi connectivity index (χ2v) is 5.39. The predicted octanol–water partition coefficient (Wildman–Crippen LogP) is 1.84. The Kier molecular flexibility index (Phi) is 4.62. The highest BCUT2D eigenvalue weighted by Gasteiger charge is 2.25. The van der Waals surface area contributed by atoms with Crippen LogP contribution in [0.3, 0.4) is 0 Å². The number of aliphatic hydroxyl groups is 1. The molecular weight excluding hydrogens is 202 g/mol. The normalized spacial score (nSPS) is 40.9. The van der Waals surface area contributed by atoms with E-state index >= 15 is 0 Å². The summed E-state index contributed by atoms with van der Waals surface area (Å²) < 4.78 is 5.38. The number of ether oxygens (including phenoxy) is 1. The third-order valence-corrected chi connectivity index (χ3v) is 4.13. The Morgan fingerprint density at radius 1 is 1.00 bits per heavy atom. The fraction of sp³-hybridized carbons (Fsp3) is 1.00. The van der Waals surface area contributed by atoms with Crippen molar-refractivity contribution in [1.82, 2.24) is 5.32 Å². The van der Waals surface area contributed by atoms with Crippen molar-refractivity contribution in [2.45, 2.75) is 75.7 Å². The molecule has 0 aromatic carbocycles. The lowest BCUT2D eigenvalue weighted by atomic mass is 9.89. The zero-order valence-electron chi connectivity index (χ0n) is 10.3. The van der Waals surface area contributed by atoms with Crippen molar-refractivity contribution in [3.05, 3.63) is 0 Å². The molecule has 16 heavy (non-hydrogen) atoms. The van der Waals surface area contributed by atoms with E-state index in [0.717, 1.165) is 12.8 Å². The van der Waals surface area contributed by atoms with E-state index in [0.29, 0.717) is 18.2 Å². The minimum Gasteiger partial charge on any atom is -0.393 e. The molecule has 0 aromatic heterocycles. The number of rotatable bonds is 3. The zero-order chi connectivity index (χ0) is 11.4. The van der Waals surface area contributed by atoms with Crippen molar-refractivity contribution >= 4 is 0 Å². The SMILES string of the molecule is COC1CCC(NC2CCCC(O)C2)CC1. The molecule has 0 amide bonds. The van der Waals surface area contributed by atoms with E-state index in [2.05, 4.69) is 5.32 Å². The van der Waals surface area contributed by atoms with Crippen molar-refractivity contribution in [2.75, 3.05) is 7.11 Å². The first-order chi connectivity index (χ1) is 7.78. The van der Waals surface area contributed by atoms with Crippen LogP contribution in [0.2, 0.25) is 0 Å². The first-order valence-electron chi connectivity index (χ1n) is 6.75. The van der Waals surface area contributed by atoms with Crippen LogP contribution in [0.1, 0.15) is 51.4 Å². The zero-order valence-corrected chi connectivity index (χ0v) is 10.3. The number of hydrogen-bond donors (Lipinski definition) is 2. The van der Waals surface area contributed by atoms with E-state index in [4.69, 9.17) is 4.74 Å². The second-order valence-electron chi connectivity index (χ2n) is 5.39. The summed E-state index contributed by atoms with van der Waals surface area (Å²) in [4.78, 5) is 0. The summed E-state index contributed by atoms with van der Waals surface area (Å²) in [5.74, 6) is 0. The molecule has 2 fully saturated rings. The first-order valence-corrected chi connectivity index (χ1v) is 6.75. The quantitative estimate of drug-likeness (QED) is 0.773. The number of nitrogens with one attached hydrogen (secondary N) is 1. The first kappa shape index (κ1) is 12.3. The highest BCUT2D eigenvalue weighted by atomic mass is 16.5. The summed E-state index contributed by atoms with van der Waals surface area (Å²) in [6.45, 7) is 0. The van der Waals surface area contributed by atoms with Crippen molar-refractivity contribution in [2.24, 2.45) is 0 Å². The van der Waals surface area contributed by atoms with Gasteiger partial charge in [-0.15, -0.1) is 0 Å². The number of aliphatic hydroxyl groups excluding tert-OH is 1. The summed E-state index contributed by atoms with van der Waals surface area (Å²) in [5, 5.41) is 13.3. The van der Waals surface area contributed by atoms with Gasteiger partial charge >= 0.3 is 0 Å².